The third kappa shape index (κ3) is 7.83. The first kappa shape index (κ1) is 22.7. The van der Waals surface area contributed by atoms with Crippen LogP contribution in [0, 0.1) is 5.92 Å². The lowest BCUT2D eigenvalue weighted by Gasteiger charge is -2.16. The van der Waals surface area contributed by atoms with Crippen LogP contribution in [0.1, 0.15) is 24.7 Å². The number of hydrogen-bond donors (Lipinski definition) is 2. The molecule has 0 amide bonds. The quantitative estimate of drug-likeness (QED) is 0.317. The Labute approximate surface area is 186 Å². The number of furan rings is 1. The van der Waals surface area contributed by atoms with Gasteiger partial charge in [0, 0.05) is 39.1 Å². The van der Waals surface area contributed by atoms with Crippen molar-refractivity contribution in [3.8, 4) is 0 Å². The van der Waals surface area contributed by atoms with E-state index in [-0.39, 0.29) is 24.0 Å². The van der Waals surface area contributed by atoms with Crippen LogP contribution in [-0.2, 0) is 12.8 Å². The van der Waals surface area contributed by atoms with Gasteiger partial charge in [-0.2, -0.15) is 0 Å². The van der Waals surface area contributed by atoms with E-state index in [9.17, 15) is 0 Å². The van der Waals surface area contributed by atoms with Gasteiger partial charge in [0.2, 0.25) is 0 Å². The summed E-state index contributed by atoms with van der Waals surface area (Å²) in [6.45, 7) is 8.18. The standard InChI is InChI=1S/C22H32N4O.HI/c1-2-23-22(24-13-10-21-9-6-16-27-21)25-17-20-12-15-26(18-20)14-11-19-7-4-3-5-8-19;/h3-9,16,20H,2,10-15,17-18H2,1H3,(H2,23,24,25);1H. The zero-order valence-corrected chi connectivity index (χ0v) is 19.1. The molecule has 6 heteroatoms. The molecule has 2 N–H and O–H groups in total. The number of hydrogen-bond acceptors (Lipinski definition) is 3. The summed E-state index contributed by atoms with van der Waals surface area (Å²) in [6, 6.07) is 14.7. The van der Waals surface area contributed by atoms with Crippen LogP contribution in [0.15, 0.2) is 58.1 Å². The van der Waals surface area contributed by atoms with E-state index >= 15 is 0 Å². The molecule has 2 aromatic rings. The molecule has 154 valence electrons. The highest BCUT2D eigenvalue weighted by Gasteiger charge is 2.21. The number of nitrogens with zero attached hydrogens (tertiary/aromatic N) is 2. The van der Waals surface area contributed by atoms with Gasteiger partial charge in [-0.3, -0.25) is 4.99 Å². The Morgan fingerprint density at radius 1 is 1.14 bits per heavy atom. The fourth-order valence-corrected chi connectivity index (χ4v) is 3.52. The first-order chi connectivity index (χ1) is 13.3. The molecule has 2 heterocycles. The summed E-state index contributed by atoms with van der Waals surface area (Å²) < 4.78 is 5.38. The molecule has 1 aromatic carbocycles. The molecule has 0 spiro atoms. The van der Waals surface area contributed by atoms with Crippen LogP contribution in [0.2, 0.25) is 0 Å². The summed E-state index contributed by atoms with van der Waals surface area (Å²) in [5, 5.41) is 6.75. The summed E-state index contributed by atoms with van der Waals surface area (Å²) in [5.74, 6) is 2.57. The molecule has 1 aliphatic heterocycles. The fourth-order valence-electron chi connectivity index (χ4n) is 3.52. The summed E-state index contributed by atoms with van der Waals surface area (Å²) in [4.78, 5) is 7.38. The van der Waals surface area contributed by atoms with Crippen molar-refractivity contribution in [2.24, 2.45) is 10.9 Å². The molecule has 1 unspecified atom stereocenters. The van der Waals surface area contributed by atoms with Crippen molar-refractivity contribution in [3.63, 3.8) is 0 Å². The fraction of sp³-hybridized carbons (Fsp3) is 0.500. The predicted molar refractivity (Wildman–Crippen MR) is 127 cm³/mol. The molecule has 1 aromatic heterocycles. The molecule has 0 saturated carbocycles. The van der Waals surface area contributed by atoms with Crippen LogP contribution in [0.5, 0.6) is 0 Å². The van der Waals surface area contributed by atoms with Gasteiger partial charge in [-0.25, -0.2) is 0 Å². The lowest BCUT2D eigenvalue weighted by atomic mass is 10.1. The average Bonchev–Trinajstić information content (AvgIpc) is 3.37. The first-order valence-corrected chi connectivity index (χ1v) is 10.1. The summed E-state index contributed by atoms with van der Waals surface area (Å²) in [5.41, 5.74) is 1.43. The van der Waals surface area contributed by atoms with Crippen molar-refractivity contribution in [1.82, 2.24) is 15.5 Å². The lowest BCUT2D eigenvalue weighted by molar-refractivity contribution is 0.329. The van der Waals surface area contributed by atoms with Crippen LogP contribution in [0.4, 0.5) is 0 Å². The van der Waals surface area contributed by atoms with Crippen molar-refractivity contribution in [3.05, 3.63) is 60.1 Å². The van der Waals surface area contributed by atoms with Crippen molar-refractivity contribution in [2.75, 3.05) is 39.3 Å². The third-order valence-electron chi connectivity index (χ3n) is 5.03. The average molecular weight is 496 g/mol. The second-order valence-corrected chi connectivity index (χ2v) is 7.17. The maximum Gasteiger partial charge on any atom is 0.191 e. The highest BCUT2D eigenvalue weighted by molar-refractivity contribution is 14.0. The topological polar surface area (TPSA) is 52.8 Å². The molecular formula is C22H33IN4O. The maximum absolute atomic E-state index is 5.38. The Morgan fingerprint density at radius 3 is 2.75 bits per heavy atom. The van der Waals surface area contributed by atoms with E-state index in [1.807, 2.05) is 12.1 Å². The zero-order valence-electron chi connectivity index (χ0n) is 16.8. The SMILES string of the molecule is CCNC(=NCC1CCN(CCc2ccccc2)C1)NCCc1ccco1.I. The summed E-state index contributed by atoms with van der Waals surface area (Å²) in [7, 11) is 0. The number of likely N-dealkylation sites (tertiary alicyclic amines) is 1. The van der Waals surface area contributed by atoms with Gasteiger partial charge in [0.25, 0.3) is 0 Å². The molecule has 0 aliphatic carbocycles. The number of guanidine groups is 1. The van der Waals surface area contributed by atoms with E-state index in [0.29, 0.717) is 5.92 Å². The van der Waals surface area contributed by atoms with Crippen molar-refractivity contribution >= 4 is 29.9 Å². The Kier molecular flexibility index (Phi) is 10.4. The minimum absolute atomic E-state index is 0. The van der Waals surface area contributed by atoms with Gasteiger partial charge >= 0.3 is 0 Å². The van der Waals surface area contributed by atoms with Gasteiger partial charge in [-0.15, -0.1) is 24.0 Å². The molecule has 28 heavy (non-hydrogen) atoms. The van der Waals surface area contributed by atoms with Crippen LogP contribution >= 0.6 is 24.0 Å². The number of rotatable bonds is 9. The van der Waals surface area contributed by atoms with Gasteiger partial charge < -0.3 is 20.0 Å². The zero-order chi connectivity index (χ0) is 18.7. The van der Waals surface area contributed by atoms with E-state index in [0.717, 1.165) is 57.3 Å². The first-order valence-electron chi connectivity index (χ1n) is 10.1. The molecular weight excluding hydrogens is 463 g/mol. The smallest absolute Gasteiger partial charge is 0.191 e. The largest absolute Gasteiger partial charge is 0.469 e. The van der Waals surface area contributed by atoms with Gasteiger partial charge in [0.15, 0.2) is 5.96 Å². The van der Waals surface area contributed by atoms with Gasteiger partial charge in [-0.05, 0) is 49.9 Å². The molecule has 5 nitrogen and oxygen atoms in total. The van der Waals surface area contributed by atoms with E-state index in [2.05, 4.69) is 52.8 Å². The molecule has 0 radical (unpaired) electrons. The van der Waals surface area contributed by atoms with E-state index < -0.39 is 0 Å². The Morgan fingerprint density at radius 2 is 2.00 bits per heavy atom. The van der Waals surface area contributed by atoms with Crippen molar-refractivity contribution in [1.29, 1.82) is 0 Å². The molecule has 3 rings (SSSR count). The lowest BCUT2D eigenvalue weighted by Crippen LogP contribution is -2.38. The minimum atomic E-state index is 0. The van der Waals surface area contributed by atoms with Crippen molar-refractivity contribution < 1.29 is 4.42 Å². The second kappa shape index (κ2) is 12.8. The Bertz CT molecular complexity index is 675. The van der Waals surface area contributed by atoms with Gasteiger partial charge in [0.05, 0.1) is 6.26 Å². The molecule has 1 fully saturated rings. The van der Waals surface area contributed by atoms with Crippen LogP contribution < -0.4 is 10.6 Å². The predicted octanol–water partition coefficient (Wildman–Crippen LogP) is 3.56. The molecule has 1 saturated heterocycles. The summed E-state index contributed by atoms with van der Waals surface area (Å²) >= 11 is 0. The second-order valence-electron chi connectivity index (χ2n) is 7.17. The van der Waals surface area contributed by atoms with E-state index in [1.54, 1.807) is 6.26 Å². The number of nitrogens with one attached hydrogen (secondary N) is 2. The molecule has 1 aliphatic rings. The number of benzene rings is 1. The minimum Gasteiger partial charge on any atom is -0.469 e. The maximum atomic E-state index is 5.38. The van der Waals surface area contributed by atoms with Gasteiger partial charge in [0.1, 0.15) is 5.76 Å². The van der Waals surface area contributed by atoms with Crippen molar-refractivity contribution in [2.45, 2.75) is 26.2 Å². The molecule has 1 atom stereocenters. The van der Waals surface area contributed by atoms with Crippen LogP contribution in [-0.4, -0.2) is 50.1 Å². The molecule has 0 bridgehead atoms. The Balaban J connectivity index is 0.00000280. The number of halogens is 1. The van der Waals surface area contributed by atoms with Gasteiger partial charge in [-0.1, -0.05) is 30.3 Å². The number of aliphatic imine (C=N–C) groups is 1. The van der Waals surface area contributed by atoms with Crippen LogP contribution in [0.25, 0.3) is 0 Å². The highest BCUT2D eigenvalue weighted by atomic mass is 127. The monoisotopic (exact) mass is 496 g/mol. The normalized spacial score (nSPS) is 17.3. The van der Waals surface area contributed by atoms with E-state index in [4.69, 9.17) is 9.41 Å². The highest BCUT2D eigenvalue weighted by Crippen LogP contribution is 2.17. The van der Waals surface area contributed by atoms with Crippen LogP contribution in [0.3, 0.4) is 0 Å². The third-order valence-corrected chi connectivity index (χ3v) is 5.03. The Hall–Kier alpha value is -1.54. The summed E-state index contributed by atoms with van der Waals surface area (Å²) in [6.07, 6.45) is 4.96. The van der Waals surface area contributed by atoms with E-state index in [1.165, 1.54) is 18.5 Å².